The van der Waals surface area contributed by atoms with Crippen LogP contribution in [-0.2, 0) is 16.6 Å². The van der Waals surface area contributed by atoms with E-state index in [0.717, 1.165) is 4.31 Å². The molecule has 0 saturated carbocycles. The number of H-pyrrole nitrogens is 2. The summed E-state index contributed by atoms with van der Waals surface area (Å²) in [6, 6.07) is 8.88. The predicted octanol–water partition coefficient (Wildman–Crippen LogP) is 2.34. The van der Waals surface area contributed by atoms with Crippen LogP contribution >= 0.6 is 23.2 Å². The number of hydrogen-bond acceptors (Lipinski definition) is 4. The minimum Gasteiger partial charge on any atom is -0.307 e. The standard InChI is InChI=1S/C16H13Cl2N3O4S/c1-21(8-9-3-2-4-12(17)14(9)18)26(24,25)10-5-6-13-11(7-10)15(22)20-16(23)19-13/h2-7H,8H2,1H3,(H2,19,20,22,23). The molecule has 10 heteroatoms. The summed E-state index contributed by atoms with van der Waals surface area (Å²) in [4.78, 5) is 27.6. The molecular weight excluding hydrogens is 401 g/mol. The Morgan fingerprint density at radius 3 is 2.54 bits per heavy atom. The van der Waals surface area contributed by atoms with Crippen LogP contribution in [0.4, 0.5) is 0 Å². The van der Waals surface area contributed by atoms with E-state index in [1.807, 2.05) is 0 Å². The van der Waals surface area contributed by atoms with Crippen molar-refractivity contribution >= 4 is 44.1 Å². The molecule has 0 bridgehead atoms. The summed E-state index contributed by atoms with van der Waals surface area (Å²) < 4.78 is 26.7. The molecule has 7 nitrogen and oxygen atoms in total. The zero-order valence-corrected chi connectivity index (χ0v) is 15.7. The van der Waals surface area contributed by atoms with Gasteiger partial charge in [-0.1, -0.05) is 35.3 Å². The molecule has 136 valence electrons. The maximum Gasteiger partial charge on any atom is 0.326 e. The van der Waals surface area contributed by atoms with Gasteiger partial charge >= 0.3 is 5.69 Å². The highest BCUT2D eigenvalue weighted by Gasteiger charge is 2.23. The number of aromatic nitrogens is 2. The lowest BCUT2D eigenvalue weighted by Gasteiger charge is -2.18. The predicted molar refractivity (Wildman–Crippen MR) is 100 cm³/mol. The highest BCUT2D eigenvalue weighted by molar-refractivity contribution is 7.89. The van der Waals surface area contributed by atoms with Gasteiger partial charge in [0.1, 0.15) is 0 Å². The summed E-state index contributed by atoms with van der Waals surface area (Å²) in [5.41, 5.74) is -0.529. The van der Waals surface area contributed by atoms with Gasteiger partial charge in [0, 0.05) is 13.6 Å². The molecule has 1 aromatic heterocycles. The first kappa shape index (κ1) is 18.7. The second-order valence-corrected chi connectivity index (χ2v) is 8.42. The topological polar surface area (TPSA) is 103 Å². The highest BCUT2D eigenvalue weighted by Crippen LogP contribution is 2.28. The van der Waals surface area contributed by atoms with Gasteiger partial charge in [-0.05, 0) is 29.8 Å². The Balaban J connectivity index is 2.02. The number of hydrogen-bond donors (Lipinski definition) is 2. The van der Waals surface area contributed by atoms with Crippen molar-refractivity contribution in [2.75, 3.05) is 7.05 Å². The van der Waals surface area contributed by atoms with Crippen molar-refractivity contribution in [3.63, 3.8) is 0 Å². The maximum atomic E-state index is 12.8. The van der Waals surface area contributed by atoms with Crippen LogP contribution in [0.3, 0.4) is 0 Å². The Hall–Kier alpha value is -2.13. The SMILES string of the molecule is CN(Cc1cccc(Cl)c1Cl)S(=O)(=O)c1ccc2[nH]c(=O)[nH]c(=O)c2c1. The van der Waals surface area contributed by atoms with Gasteiger partial charge in [0.25, 0.3) is 5.56 Å². The zero-order valence-electron chi connectivity index (χ0n) is 13.4. The largest absolute Gasteiger partial charge is 0.326 e. The monoisotopic (exact) mass is 413 g/mol. The first-order valence-corrected chi connectivity index (χ1v) is 9.55. The second-order valence-electron chi connectivity index (χ2n) is 5.59. The molecule has 0 aliphatic rings. The molecule has 0 atom stereocenters. The lowest BCUT2D eigenvalue weighted by molar-refractivity contribution is 0.467. The summed E-state index contributed by atoms with van der Waals surface area (Å²) in [5.74, 6) is 0. The number of halogens is 2. The Kier molecular flexibility index (Phi) is 4.94. The van der Waals surface area contributed by atoms with Crippen molar-refractivity contribution < 1.29 is 8.42 Å². The van der Waals surface area contributed by atoms with E-state index >= 15 is 0 Å². The van der Waals surface area contributed by atoms with Crippen LogP contribution in [0, 0.1) is 0 Å². The minimum atomic E-state index is -3.90. The zero-order chi connectivity index (χ0) is 19.1. The number of rotatable bonds is 4. The molecule has 0 aliphatic heterocycles. The van der Waals surface area contributed by atoms with E-state index in [0.29, 0.717) is 10.6 Å². The van der Waals surface area contributed by atoms with Gasteiger partial charge < -0.3 is 4.98 Å². The van der Waals surface area contributed by atoms with E-state index < -0.39 is 21.3 Å². The molecule has 0 saturated heterocycles. The van der Waals surface area contributed by atoms with Gasteiger partial charge in [-0.25, -0.2) is 13.2 Å². The first-order valence-electron chi connectivity index (χ1n) is 7.36. The van der Waals surface area contributed by atoms with Gasteiger partial charge in [0.2, 0.25) is 10.0 Å². The van der Waals surface area contributed by atoms with E-state index in [2.05, 4.69) is 9.97 Å². The first-order chi connectivity index (χ1) is 12.2. The molecule has 3 aromatic rings. The van der Waals surface area contributed by atoms with Crippen LogP contribution in [0.25, 0.3) is 10.9 Å². The average molecular weight is 414 g/mol. The molecule has 2 aromatic carbocycles. The van der Waals surface area contributed by atoms with Gasteiger partial charge in [-0.2, -0.15) is 4.31 Å². The molecule has 26 heavy (non-hydrogen) atoms. The molecule has 3 rings (SSSR count). The van der Waals surface area contributed by atoms with Gasteiger partial charge in [-0.15, -0.1) is 0 Å². The van der Waals surface area contributed by atoms with E-state index in [1.54, 1.807) is 18.2 Å². The van der Waals surface area contributed by atoms with Crippen molar-refractivity contribution in [1.82, 2.24) is 14.3 Å². The van der Waals surface area contributed by atoms with E-state index in [1.165, 1.54) is 25.2 Å². The molecule has 0 fully saturated rings. The van der Waals surface area contributed by atoms with Crippen LogP contribution in [0.5, 0.6) is 0 Å². The number of benzene rings is 2. The van der Waals surface area contributed by atoms with Crippen molar-refractivity contribution in [2.45, 2.75) is 11.4 Å². The fourth-order valence-corrected chi connectivity index (χ4v) is 4.04. The fraction of sp³-hybridized carbons (Fsp3) is 0.125. The molecular formula is C16H13Cl2N3O4S. The number of nitrogens with one attached hydrogen (secondary N) is 2. The molecule has 2 N–H and O–H groups in total. The van der Waals surface area contributed by atoms with Crippen LogP contribution in [0.15, 0.2) is 50.9 Å². The number of fused-ring (bicyclic) bond motifs is 1. The summed E-state index contributed by atoms with van der Waals surface area (Å²) in [6.45, 7) is 0.00173. The fourth-order valence-electron chi connectivity index (χ4n) is 2.48. The van der Waals surface area contributed by atoms with Crippen LogP contribution in [0.1, 0.15) is 5.56 Å². The maximum absolute atomic E-state index is 12.8. The number of aromatic amines is 2. The average Bonchev–Trinajstić information content (AvgIpc) is 2.58. The minimum absolute atomic E-state index is 0.00173. The van der Waals surface area contributed by atoms with Crippen LogP contribution in [-0.4, -0.2) is 29.7 Å². The third kappa shape index (κ3) is 3.41. The summed E-state index contributed by atoms with van der Waals surface area (Å²) in [6.07, 6.45) is 0. The Morgan fingerprint density at radius 1 is 1.08 bits per heavy atom. The number of nitrogens with zero attached hydrogens (tertiary/aromatic N) is 1. The van der Waals surface area contributed by atoms with Crippen LogP contribution < -0.4 is 11.2 Å². The summed E-state index contributed by atoms with van der Waals surface area (Å²) in [5, 5.41) is 0.680. The normalized spacial score (nSPS) is 12.0. The third-order valence-corrected chi connectivity index (χ3v) is 6.50. The highest BCUT2D eigenvalue weighted by atomic mass is 35.5. The number of sulfonamides is 1. The molecule has 0 spiro atoms. The van der Waals surface area contributed by atoms with E-state index in [9.17, 15) is 18.0 Å². The second kappa shape index (κ2) is 6.88. The summed E-state index contributed by atoms with van der Waals surface area (Å²) in [7, 11) is -2.50. The molecule has 0 unspecified atom stereocenters. The smallest absolute Gasteiger partial charge is 0.307 e. The summed E-state index contributed by atoms with van der Waals surface area (Å²) >= 11 is 12.1. The van der Waals surface area contributed by atoms with Crippen molar-refractivity contribution in [3.8, 4) is 0 Å². The van der Waals surface area contributed by atoms with E-state index in [4.69, 9.17) is 23.2 Å². The quantitative estimate of drug-likeness (QED) is 0.684. The Morgan fingerprint density at radius 2 is 1.81 bits per heavy atom. The van der Waals surface area contributed by atoms with E-state index in [-0.39, 0.29) is 27.4 Å². The lowest BCUT2D eigenvalue weighted by Crippen LogP contribution is -2.27. The third-order valence-electron chi connectivity index (χ3n) is 3.84. The van der Waals surface area contributed by atoms with Gasteiger partial charge in [-0.3, -0.25) is 9.78 Å². The Labute approximate surface area is 158 Å². The van der Waals surface area contributed by atoms with Crippen molar-refractivity contribution in [2.24, 2.45) is 0 Å². The molecule has 0 aliphatic carbocycles. The molecule has 0 amide bonds. The van der Waals surface area contributed by atoms with Crippen LogP contribution in [0.2, 0.25) is 10.0 Å². The van der Waals surface area contributed by atoms with Gasteiger partial charge in [0.15, 0.2) is 0 Å². The molecule has 1 heterocycles. The Bertz CT molecular complexity index is 1220. The van der Waals surface area contributed by atoms with Crippen molar-refractivity contribution in [1.29, 1.82) is 0 Å². The lowest BCUT2D eigenvalue weighted by atomic mass is 10.2. The van der Waals surface area contributed by atoms with Crippen molar-refractivity contribution in [3.05, 3.63) is 72.8 Å². The molecule has 0 radical (unpaired) electrons. The van der Waals surface area contributed by atoms with Gasteiger partial charge in [0.05, 0.1) is 25.8 Å².